The maximum atomic E-state index is 12.6. The fourth-order valence-electron chi connectivity index (χ4n) is 2.54. The zero-order valence-electron chi connectivity index (χ0n) is 15.4. The number of hydrogen-bond donors (Lipinski definition) is 2. The Morgan fingerprint density at radius 1 is 0.926 bits per heavy atom. The van der Waals surface area contributed by atoms with E-state index in [0.29, 0.717) is 16.9 Å². The molecule has 0 bridgehead atoms. The van der Waals surface area contributed by atoms with Crippen LogP contribution in [0.2, 0.25) is 0 Å². The number of nitrogens with one attached hydrogen (secondary N) is 2. The van der Waals surface area contributed by atoms with E-state index in [1.165, 1.54) is 6.26 Å². The predicted octanol–water partition coefficient (Wildman–Crippen LogP) is 4.16. The van der Waals surface area contributed by atoms with E-state index in [4.69, 9.17) is 4.42 Å². The Bertz CT molecular complexity index is 945. The van der Waals surface area contributed by atoms with E-state index < -0.39 is 0 Å². The van der Waals surface area contributed by atoms with Crippen molar-refractivity contribution in [3.05, 3.63) is 77.7 Å². The van der Waals surface area contributed by atoms with E-state index in [1.807, 2.05) is 50.2 Å². The average molecular weight is 363 g/mol. The van der Waals surface area contributed by atoms with Crippen molar-refractivity contribution in [1.82, 2.24) is 0 Å². The number of aryl methyl sites for hydroxylation is 1. The molecule has 3 rings (SSSR count). The van der Waals surface area contributed by atoms with Gasteiger partial charge in [-0.1, -0.05) is 6.07 Å². The highest BCUT2D eigenvalue weighted by Gasteiger charge is 2.13. The lowest BCUT2D eigenvalue weighted by molar-refractivity contribution is 0.0993. The maximum Gasteiger partial charge on any atom is 0.291 e. The first-order valence-corrected chi connectivity index (χ1v) is 8.48. The van der Waals surface area contributed by atoms with Gasteiger partial charge in [-0.2, -0.15) is 0 Å². The highest BCUT2D eigenvalue weighted by atomic mass is 16.3. The summed E-state index contributed by atoms with van der Waals surface area (Å²) in [6, 6.07) is 16.0. The Balaban J connectivity index is 1.74. The number of anilines is 3. The van der Waals surface area contributed by atoms with Crippen molar-refractivity contribution in [2.24, 2.45) is 0 Å². The molecule has 6 heteroatoms. The average Bonchev–Trinajstić information content (AvgIpc) is 3.18. The summed E-state index contributed by atoms with van der Waals surface area (Å²) in [6.45, 7) is 1.86. The van der Waals surface area contributed by atoms with Crippen LogP contribution in [0.3, 0.4) is 0 Å². The van der Waals surface area contributed by atoms with E-state index in [-0.39, 0.29) is 17.6 Å². The molecule has 2 amide bonds. The lowest BCUT2D eigenvalue weighted by Crippen LogP contribution is -2.15. The summed E-state index contributed by atoms with van der Waals surface area (Å²) in [5.74, 6) is -0.397. The number of carbonyl (C=O) groups is 2. The van der Waals surface area contributed by atoms with Gasteiger partial charge in [-0.3, -0.25) is 9.59 Å². The SMILES string of the molecule is Cc1ccc(C(=O)Nc2ccc(N(C)C)cc2)cc1NC(=O)c1ccco1. The van der Waals surface area contributed by atoms with Crippen molar-refractivity contribution in [1.29, 1.82) is 0 Å². The third-order valence-electron chi connectivity index (χ3n) is 4.13. The third kappa shape index (κ3) is 4.36. The van der Waals surface area contributed by atoms with E-state index >= 15 is 0 Å². The second-order valence-corrected chi connectivity index (χ2v) is 6.36. The highest BCUT2D eigenvalue weighted by molar-refractivity contribution is 6.07. The lowest BCUT2D eigenvalue weighted by atomic mass is 10.1. The van der Waals surface area contributed by atoms with Gasteiger partial charge in [0.05, 0.1) is 6.26 Å². The minimum absolute atomic E-state index is 0.213. The van der Waals surface area contributed by atoms with Crippen molar-refractivity contribution in [3.63, 3.8) is 0 Å². The molecule has 3 aromatic rings. The smallest absolute Gasteiger partial charge is 0.291 e. The summed E-state index contributed by atoms with van der Waals surface area (Å²) in [5, 5.41) is 5.64. The Hall–Kier alpha value is -3.54. The number of rotatable bonds is 5. The molecule has 1 heterocycles. The van der Waals surface area contributed by atoms with Crippen LogP contribution in [0.15, 0.2) is 65.3 Å². The van der Waals surface area contributed by atoms with Gasteiger partial charge in [0.15, 0.2) is 5.76 Å². The van der Waals surface area contributed by atoms with Gasteiger partial charge < -0.3 is 20.0 Å². The molecule has 0 fully saturated rings. The molecule has 0 saturated carbocycles. The van der Waals surface area contributed by atoms with Crippen LogP contribution in [0.25, 0.3) is 0 Å². The molecule has 0 unspecified atom stereocenters. The quantitative estimate of drug-likeness (QED) is 0.714. The standard InChI is InChI=1S/C21H21N3O3/c1-14-6-7-15(13-18(14)23-21(26)19-5-4-12-27-19)20(25)22-16-8-10-17(11-9-16)24(2)3/h4-13H,1-3H3,(H,22,25)(H,23,26). The molecule has 0 aliphatic rings. The van der Waals surface area contributed by atoms with E-state index in [9.17, 15) is 9.59 Å². The third-order valence-corrected chi connectivity index (χ3v) is 4.13. The van der Waals surface area contributed by atoms with Gasteiger partial charge in [0.1, 0.15) is 0 Å². The zero-order valence-corrected chi connectivity index (χ0v) is 15.4. The van der Waals surface area contributed by atoms with Crippen molar-refractivity contribution in [3.8, 4) is 0 Å². The number of amides is 2. The Kier molecular flexibility index (Phi) is 5.26. The molecule has 0 spiro atoms. The molecule has 0 radical (unpaired) electrons. The van der Waals surface area contributed by atoms with Crippen molar-refractivity contribution < 1.29 is 14.0 Å². The number of hydrogen-bond acceptors (Lipinski definition) is 4. The Morgan fingerprint density at radius 2 is 1.67 bits per heavy atom. The molecule has 1 aromatic heterocycles. The predicted molar refractivity (Wildman–Crippen MR) is 107 cm³/mol. The van der Waals surface area contributed by atoms with Gasteiger partial charge in [-0.15, -0.1) is 0 Å². The summed E-state index contributed by atoms with van der Waals surface area (Å²) in [4.78, 5) is 26.7. The first kappa shape index (κ1) is 18.3. The summed E-state index contributed by atoms with van der Waals surface area (Å²) >= 11 is 0. The second kappa shape index (κ2) is 7.78. The van der Waals surface area contributed by atoms with Crippen LogP contribution in [-0.2, 0) is 0 Å². The minimum Gasteiger partial charge on any atom is -0.459 e. The van der Waals surface area contributed by atoms with E-state index in [2.05, 4.69) is 10.6 Å². The first-order chi connectivity index (χ1) is 12.9. The van der Waals surface area contributed by atoms with Crippen molar-refractivity contribution in [2.75, 3.05) is 29.6 Å². The molecule has 6 nitrogen and oxygen atoms in total. The van der Waals surface area contributed by atoms with Crippen LogP contribution in [0.4, 0.5) is 17.1 Å². The molecular weight excluding hydrogens is 342 g/mol. The number of nitrogens with zero attached hydrogens (tertiary/aromatic N) is 1. The fraction of sp³-hybridized carbons (Fsp3) is 0.143. The van der Waals surface area contributed by atoms with Gasteiger partial charge in [-0.05, 0) is 61.0 Å². The lowest BCUT2D eigenvalue weighted by Gasteiger charge is -2.13. The van der Waals surface area contributed by atoms with Crippen LogP contribution in [0, 0.1) is 6.92 Å². The van der Waals surface area contributed by atoms with Gasteiger partial charge in [0, 0.05) is 36.7 Å². The summed E-state index contributed by atoms with van der Waals surface area (Å²) in [7, 11) is 3.91. The Morgan fingerprint density at radius 3 is 2.30 bits per heavy atom. The highest BCUT2D eigenvalue weighted by Crippen LogP contribution is 2.20. The maximum absolute atomic E-state index is 12.6. The molecular formula is C21H21N3O3. The fourth-order valence-corrected chi connectivity index (χ4v) is 2.54. The molecule has 27 heavy (non-hydrogen) atoms. The van der Waals surface area contributed by atoms with Crippen molar-refractivity contribution in [2.45, 2.75) is 6.92 Å². The van der Waals surface area contributed by atoms with Gasteiger partial charge in [0.2, 0.25) is 0 Å². The molecule has 0 atom stereocenters. The van der Waals surface area contributed by atoms with Crippen molar-refractivity contribution >= 4 is 28.9 Å². The summed E-state index contributed by atoms with van der Waals surface area (Å²) in [6.07, 6.45) is 1.44. The van der Waals surface area contributed by atoms with Crippen LogP contribution in [0.1, 0.15) is 26.5 Å². The molecule has 2 aromatic carbocycles. The van der Waals surface area contributed by atoms with Crippen LogP contribution >= 0.6 is 0 Å². The number of furan rings is 1. The summed E-state index contributed by atoms with van der Waals surface area (Å²) in [5.41, 5.74) is 3.61. The minimum atomic E-state index is -0.361. The number of benzene rings is 2. The zero-order chi connectivity index (χ0) is 19.4. The molecule has 138 valence electrons. The first-order valence-electron chi connectivity index (χ1n) is 8.48. The van der Waals surface area contributed by atoms with Crippen LogP contribution < -0.4 is 15.5 Å². The molecule has 2 N–H and O–H groups in total. The topological polar surface area (TPSA) is 74.6 Å². The monoisotopic (exact) mass is 363 g/mol. The van der Waals surface area contributed by atoms with Crippen LogP contribution in [-0.4, -0.2) is 25.9 Å². The largest absolute Gasteiger partial charge is 0.459 e. The second-order valence-electron chi connectivity index (χ2n) is 6.36. The van der Waals surface area contributed by atoms with E-state index in [0.717, 1.165) is 11.3 Å². The molecule has 0 aliphatic heterocycles. The molecule has 0 saturated heterocycles. The number of carbonyl (C=O) groups excluding carboxylic acids is 2. The van der Waals surface area contributed by atoms with Gasteiger partial charge in [-0.25, -0.2) is 0 Å². The van der Waals surface area contributed by atoms with E-state index in [1.54, 1.807) is 30.3 Å². The van der Waals surface area contributed by atoms with Crippen LogP contribution in [0.5, 0.6) is 0 Å². The Labute approximate surface area is 157 Å². The van der Waals surface area contributed by atoms with Gasteiger partial charge in [0.25, 0.3) is 11.8 Å². The molecule has 0 aliphatic carbocycles. The summed E-state index contributed by atoms with van der Waals surface area (Å²) < 4.78 is 5.10. The normalized spacial score (nSPS) is 10.3. The van der Waals surface area contributed by atoms with Gasteiger partial charge >= 0.3 is 0 Å².